The predicted octanol–water partition coefficient (Wildman–Crippen LogP) is 3.53. The Balaban J connectivity index is 2.75. The van der Waals surface area contributed by atoms with E-state index >= 15 is 0 Å². The van der Waals surface area contributed by atoms with Gasteiger partial charge in [-0.1, -0.05) is 6.07 Å². The second kappa shape index (κ2) is 8.04. The van der Waals surface area contributed by atoms with Gasteiger partial charge in [0, 0.05) is 13.1 Å². The third-order valence-corrected chi connectivity index (χ3v) is 3.77. The molecule has 0 saturated heterocycles. The normalized spacial score (nSPS) is 13.1. The van der Waals surface area contributed by atoms with Gasteiger partial charge in [-0.15, -0.1) is 0 Å². The minimum absolute atomic E-state index is 0.105. The van der Waals surface area contributed by atoms with Crippen LogP contribution in [0.2, 0.25) is 0 Å². The van der Waals surface area contributed by atoms with Crippen LogP contribution in [-0.4, -0.2) is 30.0 Å². The summed E-state index contributed by atoms with van der Waals surface area (Å²) in [5, 5.41) is 8.87. The van der Waals surface area contributed by atoms with Gasteiger partial charge in [-0.25, -0.2) is 0 Å². The van der Waals surface area contributed by atoms with Gasteiger partial charge in [0.15, 0.2) is 6.10 Å². The van der Waals surface area contributed by atoms with Crippen LogP contribution in [0.1, 0.15) is 26.3 Å². The van der Waals surface area contributed by atoms with E-state index in [1.165, 1.54) is 0 Å². The van der Waals surface area contributed by atoms with Gasteiger partial charge >= 0.3 is 0 Å². The zero-order chi connectivity index (χ0) is 16.0. The van der Waals surface area contributed by atoms with Crippen molar-refractivity contribution in [3.05, 3.63) is 28.2 Å². The molecule has 0 bridgehead atoms. The van der Waals surface area contributed by atoms with Gasteiger partial charge in [0.1, 0.15) is 5.75 Å². The molecule has 1 rings (SSSR count). The average Bonchev–Trinajstić information content (AvgIpc) is 2.46. The first-order chi connectivity index (χ1) is 9.88. The number of ether oxygens (including phenoxy) is 1. The smallest absolute Gasteiger partial charge is 0.263 e. The molecule has 0 radical (unpaired) electrons. The van der Waals surface area contributed by atoms with Crippen LogP contribution in [0.5, 0.6) is 5.75 Å². The van der Waals surface area contributed by atoms with E-state index in [1.807, 2.05) is 32.0 Å². The van der Waals surface area contributed by atoms with Gasteiger partial charge < -0.3 is 9.64 Å². The Morgan fingerprint density at radius 3 is 2.67 bits per heavy atom. The van der Waals surface area contributed by atoms with Crippen LogP contribution in [0, 0.1) is 24.2 Å². The van der Waals surface area contributed by atoms with Crippen LogP contribution in [0.25, 0.3) is 0 Å². The fourth-order valence-electron chi connectivity index (χ4n) is 1.95. The van der Waals surface area contributed by atoms with Crippen LogP contribution >= 0.6 is 15.9 Å². The van der Waals surface area contributed by atoms with E-state index in [4.69, 9.17) is 10.00 Å². The van der Waals surface area contributed by atoms with Crippen LogP contribution in [-0.2, 0) is 4.79 Å². The Morgan fingerprint density at radius 2 is 2.14 bits per heavy atom. The summed E-state index contributed by atoms with van der Waals surface area (Å²) in [7, 11) is 0. The largest absolute Gasteiger partial charge is 0.480 e. The van der Waals surface area contributed by atoms with Gasteiger partial charge in [-0.05, 0) is 61.3 Å². The maximum Gasteiger partial charge on any atom is 0.263 e. The Bertz CT molecular complexity index is 540. The lowest BCUT2D eigenvalue weighted by atomic mass is 10.2. The topological polar surface area (TPSA) is 53.3 Å². The highest BCUT2D eigenvalue weighted by Gasteiger charge is 2.23. The van der Waals surface area contributed by atoms with Crippen LogP contribution in [0.3, 0.4) is 0 Å². The molecule has 5 heteroatoms. The van der Waals surface area contributed by atoms with E-state index in [0.717, 1.165) is 10.0 Å². The number of amides is 1. The Kier molecular flexibility index (Phi) is 6.70. The maximum atomic E-state index is 12.4. The zero-order valence-corrected chi connectivity index (χ0v) is 14.5. The molecule has 0 aliphatic carbocycles. The Labute approximate surface area is 134 Å². The van der Waals surface area contributed by atoms with E-state index in [2.05, 4.69) is 22.0 Å². The monoisotopic (exact) mass is 352 g/mol. The molecule has 21 heavy (non-hydrogen) atoms. The molecule has 0 fully saturated rings. The minimum atomic E-state index is -0.588. The number of carbonyl (C=O) groups excluding carboxylic acids is 1. The molecule has 1 aromatic carbocycles. The van der Waals surface area contributed by atoms with Crippen molar-refractivity contribution in [3.8, 4) is 11.8 Å². The van der Waals surface area contributed by atoms with Crippen LogP contribution < -0.4 is 4.74 Å². The lowest BCUT2D eigenvalue weighted by molar-refractivity contribution is -0.138. The molecule has 1 aromatic rings. The van der Waals surface area contributed by atoms with E-state index in [0.29, 0.717) is 18.8 Å². The summed E-state index contributed by atoms with van der Waals surface area (Å²) < 4.78 is 6.57. The molecule has 0 aliphatic heterocycles. The van der Waals surface area contributed by atoms with Gasteiger partial charge in [0.05, 0.1) is 16.5 Å². The summed E-state index contributed by atoms with van der Waals surface area (Å²) in [6, 6.07) is 7.87. The summed E-state index contributed by atoms with van der Waals surface area (Å²) in [6.07, 6.45) is -0.588. The number of benzene rings is 1. The van der Waals surface area contributed by atoms with E-state index in [9.17, 15) is 4.79 Å². The molecule has 0 aromatic heterocycles. The maximum absolute atomic E-state index is 12.4. The summed E-state index contributed by atoms with van der Waals surface area (Å²) >= 11 is 3.44. The van der Waals surface area contributed by atoms with Crippen LogP contribution in [0.15, 0.2) is 22.7 Å². The first-order valence-electron chi connectivity index (χ1n) is 7.00. The lowest BCUT2D eigenvalue weighted by Crippen LogP contribution is -2.42. The summed E-state index contributed by atoms with van der Waals surface area (Å²) in [5.74, 6) is 0.352. The third kappa shape index (κ3) is 5.05. The summed E-state index contributed by atoms with van der Waals surface area (Å²) in [5.41, 5.74) is 1.12. The average molecular weight is 353 g/mol. The molecular formula is C16H21BrN2O2. The Morgan fingerprint density at radius 1 is 1.48 bits per heavy atom. The standard InChI is InChI=1S/C16H21BrN2O2/c1-5-19(10-12(3)9-18)16(20)13(4)21-15-7-6-11(2)8-14(15)17/h6-8,12-13H,5,10H2,1-4H3. The molecular weight excluding hydrogens is 332 g/mol. The first-order valence-corrected chi connectivity index (χ1v) is 7.79. The van der Waals surface area contributed by atoms with Crippen molar-refractivity contribution < 1.29 is 9.53 Å². The lowest BCUT2D eigenvalue weighted by Gasteiger charge is -2.26. The van der Waals surface area contributed by atoms with E-state index in [1.54, 1.807) is 18.7 Å². The summed E-state index contributed by atoms with van der Waals surface area (Å²) in [6.45, 7) is 8.41. The van der Waals surface area contributed by atoms with E-state index in [-0.39, 0.29) is 11.8 Å². The van der Waals surface area contributed by atoms with Gasteiger partial charge in [0.2, 0.25) is 0 Å². The fraction of sp³-hybridized carbons (Fsp3) is 0.500. The molecule has 0 spiro atoms. The first kappa shape index (κ1) is 17.5. The van der Waals surface area contributed by atoms with Crippen molar-refractivity contribution in [2.45, 2.75) is 33.8 Å². The van der Waals surface area contributed by atoms with E-state index < -0.39 is 6.10 Å². The number of aryl methyl sites for hydroxylation is 1. The Hall–Kier alpha value is -1.54. The number of rotatable bonds is 6. The number of halogens is 1. The second-order valence-electron chi connectivity index (χ2n) is 5.10. The molecule has 0 heterocycles. The number of nitriles is 1. The van der Waals surface area contributed by atoms with Gasteiger partial charge in [0.25, 0.3) is 5.91 Å². The molecule has 2 atom stereocenters. The zero-order valence-electron chi connectivity index (χ0n) is 12.9. The predicted molar refractivity (Wildman–Crippen MR) is 86.0 cm³/mol. The molecule has 0 aliphatic rings. The van der Waals surface area contributed by atoms with Crippen molar-refractivity contribution >= 4 is 21.8 Å². The fourth-order valence-corrected chi connectivity index (χ4v) is 2.53. The SMILES string of the molecule is CCN(CC(C)C#N)C(=O)C(C)Oc1ccc(C)cc1Br. The molecule has 4 nitrogen and oxygen atoms in total. The van der Waals surface area contributed by atoms with Gasteiger partial charge in [-0.3, -0.25) is 4.79 Å². The number of carbonyl (C=O) groups is 1. The van der Waals surface area contributed by atoms with Crippen molar-refractivity contribution in [1.29, 1.82) is 5.26 Å². The van der Waals surface area contributed by atoms with Crippen molar-refractivity contribution in [1.82, 2.24) is 4.90 Å². The number of hydrogen-bond donors (Lipinski definition) is 0. The van der Waals surface area contributed by atoms with Crippen LogP contribution in [0.4, 0.5) is 0 Å². The quantitative estimate of drug-likeness (QED) is 0.786. The highest BCUT2D eigenvalue weighted by atomic mass is 79.9. The number of nitrogens with zero attached hydrogens (tertiary/aromatic N) is 2. The summed E-state index contributed by atoms with van der Waals surface area (Å²) in [4.78, 5) is 14.0. The molecule has 114 valence electrons. The molecule has 0 saturated carbocycles. The molecule has 2 unspecified atom stereocenters. The van der Waals surface area contributed by atoms with Gasteiger partial charge in [-0.2, -0.15) is 5.26 Å². The highest BCUT2D eigenvalue weighted by Crippen LogP contribution is 2.27. The number of likely N-dealkylation sites (N-methyl/N-ethyl adjacent to an activating group) is 1. The number of hydrogen-bond acceptors (Lipinski definition) is 3. The highest BCUT2D eigenvalue weighted by molar-refractivity contribution is 9.10. The second-order valence-corrected chi connectivity index (χ2v) is 5.96. The molecule has 1 amide bonds. The van der Waals surface area contributed by atoms with Crippen molar-refractivity contribution in [3.63, 3.8) is 0 Å². The minimum Gasteiger partial charge on any atom is -0.480 e. The van der Waals surface area contributed by atoms with Crippen molar-refractivity contribution in [2.75, 3.05) is 13.1 Å². The molecule has 0 N–H and O–H groups in total. The van der Waals surface area contributed by atoms with Crippen molar-refractivity contribution in [2.24, 2.45) is 5.92 Å². The third-order valence-electron chi connectivity index (χ3n) is 3.15.